The predicted octanol–water partition coefficient (Wildman–Crippen LogP) is 2.97. The zero-order valence-corrected chi connectivity index (χ0v) is 15.0. The molecule has 27 heavy (non-hydrogen) atoms. The highest BCUT2D eigenvalue weighted by atomic mass is 19.1. The number of fused-ring (bicyclic) bond motifs is 1. The number of hydrogen-bond acceptors (Lipinski definition) is 3. The summed E-state index contributed by atoms with van der Waals surface area (Å²) in [5.74, 6) is 0.287. The molecule has 0 aliphatic rings. The molecule has 0 saturated carbocycles. The summed E-state index contributed by atoms with van der Waals surface area (Å²) in [4.78, 5) is 26.8. The number of aromatic nitrogens is 1. The van der Waals surface area contributed by atoms with Crippen LogP contribution >= 0.6 is 0 Å². The Hall–Kier alpha value is -3.15. The van der Waals surface area contributed by atoms with Crippen LogP contribution in [0.4, 0.5) is 4.39 Å². The number of aromatic amines is 1. The number of rotatable bonds is 7. The lowest BCUT2D eigenvalue weighted by Crippen LogP contribution is -2.26. The molecule has 5 nitrogen and oxygen atoms in total. The van der Waals surface area contributed by atoms with Crippen LogP contribution in [-0.2, 0) is 17.6 Å². The standard InChI is InChI=1S/C21H21FN2O3/c1-27-18-7-2-14(3-8-18)10-11-23-20(25)9-5-16-12-15-4-6-17(22)13-19(15)24-21(16)26/h2-4,6-8,12-13H,5,9-11H2,1H3,(H,23,25)(H,24,26). The number of carbonyl (C=O) groups is 1. The second-order valence-electron chi connectivity index (χ2n) is 6.30. The van der Waals surface area contributed by atoms with Gasteiger partial charge in [0.2, 0.25) is 5.91 Å². The van der Waals surface area contributed by atoms with Crippen molar-refractivity contribution in [3.05, 3.63) is 75.8 Å². The monoisotopic (exact) mass is 368 g/mol. The van der Waals surface area contributed by atoms with E-state index in [4.69, 9.17) is 4.74 Å². The van der Waals surface area contributed by atoms with Crippen LogP contribution in [0.15, 0.2) is 53.3 Å². The largest absolute Gasteiger partial charge is 0.497 e. The van der Waals surface area contributed by atoms with Crippen LogP contribution in [0, 0.1) is 5.82 Å². The molecule has 0 radical (unpaired) electrons. The summed E-state index contributed by atoms with van der Waals surface area (Å²) in [6, 6.07) is 13.6. The van der Waals surface area contributed by atoms with Gasteiger partial charge in [0.1, 0.15) is 11.6 Å². The van der Waals surface area contributed by atoms with E-state index in [0.29, 0.717) is 24.0 Å². The molecule has 0 fully saturated rings. The van der Waals surface area contributed by atoms with Crippen LogP contribution in [0.5, 0.6) is 5.75 Å². The van der Waals surface area contributed by atoms with Crippen LogP contribution in [0.1, 0.15) is 17.5 Å². The molecule has 2 N–H and O–H groups in total. The van der Waals surface area contributed by atoms with Crippen molar-refractivity contribution in [1.29, 1.82) is 0 Å². The van der Waals surface area contributed by atoms with Gasteiger partial charge in [-0.2, -0.15) is 0 Å². The van der Waals surface area contributed by atoms with Gasteiger partial charge in [-0.3, -0.25) is 9.59 Å². The molecule has 0 atom stereocenters. The molecule has 0 aliphatic heterocycles. The first kappa shape index (κ1) is 18.6. The minimum Gasteiger partial charge on any atom is -0.497 e. The summed E-state index contributed by atoms with van der Waals surface area (Å²) < 4.78 is 18.3. The second kappa shape index (κ2) is 8.49. The fraction of sp³-hybridized carbons (Fsp3) is 0.238. The highest BCUT2D eigenvalue weighted by Crippen LogP contribution is 2.14. The Morgan fingerprint density at radius 2 is 1.89 bits per heavy atom. The maximum atomic E-state index is 13.2. The Balaban J connectivity index is 1.51. The van der Waals surface area contributed by atoms with Crippen molar-refractivity contribution in [3.8, 4) is 5.75 Å². The third-order valence-corrected chi connectivity index (χ3v) is 4.40. The maximum Gasteiger partial charge on any atom is 0.251 e. The molecule has 2 aromatic carbocycles. The van der Waals surface area contributed by atoms with Gasteiger partial charge >= 0.3 is 0 Å². The van der Waals surface area contributed by atoms with Crippen LogP contribution < -0.4 is 15.6 Å². The number of methoxy groups -OCH3 is 1. The van der Waals surface area contributed by atoms with Crippen molar-refractivity contribution < 1.29 is 13.9 Å². The highest BCUT2D eigenvalue weighted by Gasteiger charge is 2.07. The van der Waals surface area contributed by atoms with Gasteiger partial charge in [-0.05, 0) is 60.2 Å². The van der Waals surface area contributed by atoms with Gasteiger partial charge in [-0.25, -0.2) is 4.39 Å². The first-order valence-corrected chi connectivity index (χ1v) is 8.76. The van der Waals surface area contributed by atoms with Gasteiger partial charge in [-0.1, -0.05) is 12.1 Å². The normalized spacial score (nSPS) is 10.7. The van der Waals surface area contributed by atoms with E-state index in [-0.39, 0.29) is 17.9 Å². The van der Waals surface area contributed by atoms with E-state index in [1.165, 1.54) is 12.1 Å². The van der Waals surface area contributed by atoms with E-state index in [1.54, 1.807) is 19.2 Å². The lowest BCUT2D eigenvalue weighted by atomic mass is 10.1. The summed E-state index contributed by atoms with van der Waals surface area (Å²) in [6.45, 7) is 0.526. The number of H-pyrrole nitrogens is 1. The van der Waals surface area contributed by atoms with E-state index in [2.05, 4.69) is 10.3 Å². The van der Waals surface area contributed by atoms with Crippen molar-refractivity contribution in [2.45, 2.75) is 19.3 Å². The molecular formula is C21H21FN2O3. The lowest BCUT2D eigenvalue weighted by Gasteiger charge is -2.07. The van der Waals surface area contributed by atoms with Gasteiger partial charge in [0.15, 0.2) is 0 Å². The van der Waals surface area contributed by atoms with Crippen LogP contribution in [-0.4, -0.2) is 24.5 Å². The molecule has 6 heteroatoms. The number of benzene rings is 2. The van der Waals surface area contributed by atoms with Crippen molar-refractivity contribution in [2.24, 2.45) is 0 Å². The van der Waals surface area contributed by atoms with Crippen LogP contribution in [0.25, 0.3) is 10.9 Å². The van der Waals surface area contributed by atoms with Gasteiger partial charge in [0.25, 0.3) is 5.56 Å². The van der Waals surface area contributed by atoms with Crippen molar-refractivity contribution in [1.82, 2.24) is 10.3 Å². The van der Waals surface area contributed by atoms with Gasteiger partial charge < -0.3 is 15.0 Å². The van der Waals surface area contributed by atoms with Crippen molar-refractivity contribution in [2.75, 3.05) is 13.7 Å². The first-order chi connectivity index (χ1) is 13.0. The molecular weight excluding hydrogens is 347 g/mol. The van der Waals surface area contributed by atoms with E-state index >= 15 is 0 Å². The van der Waals surface area contributed by atoms with Crippen molar-refractivity contribution >= 4 is 16.8 Å². The Morgan fingerprint density at radius 1 is 1.11 bits per heavy atom. The van der Waals surface area contributed by atoms with Gasteiger partial charge in [0.05, 0.1) is 12.6 Å². The van der Waals surface area contributed by atoms with Gasteiger partial charge in [0, 0.05) is 18.5 Å². The zero-order valence-electron chi connectivity index (χ0n) is 15.0. The second-order valence-corrected chi connectivity index (χ2v) is 6.30. The van der Waals surface area contributed by atoms with Crippen LogP contribution in [0.2, 0.25) is 0 Å². The number of halogens is 1. The van der Waals surface area contributed by atoms with Gasteiger partial charge in [-0.15, -0.1) is 0 Å². The molecule has 0 saturated heterocycles. The molecule has 3 rings (SSSR count). The molecule has 1 amide bonds. The van der Waals surface area contributed by atoms with E-state index in [1.807, 2.05) is 24.3 Å². The third-order valence-electron chi connectivity index (χ3n) is 4.40. The fourth-order valence-corrected chi connectivity index (χ4v) is 2.88. The number of nitrogens with one attached hydrogen (secondary N) is 2. The maximum absolute atomic E-state index is 13.2. The number of ether oxygens (including phenoxy) is 1. The Bertz CT molecular complexity index is 996. The average molecular weight is 368 g/mol. The summed E-state index contributed by atoms with van der Waals surface area (Å²) >= 11 is 0. The van der Waals surface area contributed by atoms with Crippen LogP contribution in [0.3, 0.4) is 0 Å². The highest BCUT2D eigenvalue weighted by molar-refractivity contribution is 5.79. The fourth-order valence-electron chi connectivity index (χ4n) is 2.88. The van der Waals surface area contributed by atoms with E-state index < -0.39 is 5.82 Å². The minimum atomic E-state index is -0.401. The topological polar surface area (TPSA) is 71.2 Å². The SMILES string of the molecule is COc1ccc(CCNC(=O)CCc2cc3ccc(F)cc3[nH]c2=O)cc1. The average Bonchev–Trinajstić information content (AvgIpc) is 2.67. The Morgan fingerprint density at radius 3 is 2.63 bits per heavy atom. The predicted molar refractivity (Wildman–Crippen MR) is 103 cm³/mol. The molecule has 0 aliphatic carbocycles. The minimum absolute atomic E-state index is 0.109. The molecule has 0 bridgehead atoms. The Labute approximate surface area is 156 Å². The smallest absolute Gasteiger partial charge is 0.251 e. The number of hydrogen-bond donors (Lipinski definition) is 2. The summed E-state index contributed by atoms with van der Waals surface area (Å²) in [5.41, 5.74) is 1.78. The number of pyridine rings is 1. The van der Waals surface area contributed by atoms with E-state index in [9.17, 15) is 14.0 Å². The molecule has 0 unspecified atom stereocenters. The summed E-state index contributed by atoms with van der Waals surface area (Å²) in [7, 11) is 1.62. The number of aryl methyl sites for hydroxylation is 1. The first-order valence-electron chi connectivity index (χ1n) is 8.76. The Kier molecular flexibility index (Phi) is 5.86. The third kappa shape index (κ3) is 4.94. The number of amides is 1. The molecule has 3 aromatic rings. The molecule has 140 valence electrons. The summed E-state index contributed by atoms with van der Waals surface area (Å²) in [5, 5.41) is 3.60. The molecule has 1 aromatic heterocycles. The number of carbonyl (C=O) groups excluding carboxylic acids is 1. The zero-order chi connectivity index (χ0) is 19.2. The van der Waals surface area contributed by atoms with Crippen molar-refractivity contribution in [3.63, 3.8) is 0 Å². The summed E-state index contributed by atoms with van der Waals surface area (Å²) in [6.07, 6.45) is 1.27. The molecule has 0 spiro atoms. The molecule has 1 heterocycles. The van der Waals surface area contributed by atoms with E-state index in [0.717, 1.165) is 23.1 Å². The quantitative estimate of drug-likeness (QED) is 0.674. The lowest BCUT2D eigenvalue weighted by molar-refractivity contribution is -0.121.